The second-order valence-electron chi connectivity index (χ2n) is 6.07. The van der Waals surface area contributed by atoms with Crippen LogP contribution in [0.4, 0.5) is 0 Å². The molecule has 0 radical (unpaired) electrons. The van der Waals surface area contributed by atoms with Gasteiger partial charge < -0.3 is 24.8 Å². The molecule has 0 unspecified atom stereocenters. The van der Waals surface area contributed by atoms with Gasteiger partial charge in [-0.25, -0.2) is 0 Å². The molecule has 2 aromatic rings. The number of nitrogens with zero attached hydrogens (tertiary/aromatic N) is 1. The van der Waals surface area contributed by atoms with Crippen LogP contribution in [0.1, 0.15) is 11.1 Å². The molecule has 2 rings (SSSR count). The van der Waals surface area contributed by atoms with Crippen molar-refractivity contribution < 1.29 is 14.2 Å². The number of benzene rings is 2. The molecule has 0 saturated carbocycles. The van der Waals surface area contributed by atoms with Crippen LogP contribution in [0.3, 0.4) is 0 Å². The number of methoxy groups -OCH3 is 3. The fourth-order valence-corrected chi connectivity index (χ4v) is 3.02. The zero-order valence-electron chi connectivity index (χ0n) is 17.3. The van der Waals surface area contributed by atoms with Crippen LogP contribution < -0.4 is 24.8 Å². The Morgan fingerprint density at radius 3 is 2.17 bits per heavy atom. The first-order valence-corrected chi connectivity index (χ1v) is 9.47. The van der Waals surface area contributed by atoms with E-state index in [2.05, 4.69) is 15.6 Å². The highest BCUT2D eigenvalue weighted by molar-refractivity contribution is 14.0. The molecule has 0 aliphatic rings. The lowest BCUT2D eigenvalue weighted by Crippen LogP contribution is -2.39. The molecule has 29 heavy (non-hydrogen) atoms. The standard InChI is InChI=1S/C21H28ClN3O3.HI/c1-23-21(25-12-10-16-6-7-17(26-2)14-18(16)22)24-11-9-15-5-8-19(27-3)20(13-15)28-4;/h5-8,13-14H,9-12H2,1-4H3,(H2,23,24,25);1H. The summed E-state index contributed by atoms with van der Waals surface area (Å²) in [5.74, 6) is 2.98. The van der Waals surface area contributed by atoms with Crippen LogP contribution in [0.5, 0.6) is 17.2 Å². The van der Waals surface area contributed by atoms with E-state index in [0.717, 1.165) is 60.3 Å². The molecule has 0 aromatic heterocycles. The molecule has 2 N–H and O–H groups in total. The third kappa shape index (κ3) is 7.81. The zero-order chi connectivity index (χ0) is 20.4. The molecule has 0 saturated heterocycles. The van der Waals surface area contributed by atoms with E-state index in [1.165, 1.54) is 0 Å². The lowest BCUT2D eigenvalue weighted by atomic mass is 10.1. The van der Waals surface area contributed by atoms with Crippen LogP contribution in [-0.4, -0.2) is 47.4 Å². The van der Waals surface area contributed by atoms with Crippen LogP contribution in [0.15, 0.2) is 41.4 Å². The Morgan fingerprint density at radius 1 is 0.897 bits per heavy atom. The van der Waals surface area contributed by atoms with Crippen molar-refractivity contribution in [3.63, 3.8) is 0 Å². The molecule has 0 bridgehead atoms. The van der Waals surface area contributed by atoms with Crippen molar-refractivity contribution in [2.45, 2.75) is 12.8 Å². The molecule has 0 spiro atoms. The van der Waals surface area contributed by atoms with Gasteiger partial charge in [0.05, 0.1) is 21.3 Å². The zero-order valence-corrected chi connectivity index (χ0v) is 20.3. The van der Waals surface area contributed by atoms with Gasteiger partial charge in [-0.1, -0.05) is 23.7 Å². The van der Waals surface area contributed by atoms with Crippen LogP contribution in [0.2, 0.25) is 5.02 Å². The smallest absolute Gasteiger partial charge is 0.190 e. The molecule has 0 aliphatic carbocycles. The first kappa shape index (κ1) is 25.2. The molecule has 2 aromatic carbocycles. The van der Waals surface area contributed by atoms with Gasteiger partial charge in [-0.3, -0.25) is 4.99 Å². The van der Waals surface area contributed by atoms with E-state index in [4.69, 9.17) is 25.8 Å². The lowest BCUT2D eigenvalue weighted by molar-refractivity contribution is 0.354. The summed E-state index contributed by atoms with van der Waals surface area (Å²) in [4.78, 5) is 4.26. The quantitative estimate of drug-likeness (QED) is 0.291. The van der Waals surface area contributed by atoms with Gasteiger partial charge >= 0.3 is 0 Å². The highest BCUT2D eigenvalue weighted by Crippen LogP contribution is 2.27. The van der Waals surface area contributed by atoms with Crippen molar-refractivity contribution in [2.75, 3.05) is 41.5 Å². The summed E-state index contributed by atoms with van der Waals surface area (Å²) >= 11 is 6.28. The molecule has 0 atom stereocenters. The summed E-state index contributed by atoms with van der Waals surface area (Å²) in [7, 11) is 6.66. The maximum absolute atomic E-state index is 6.28. The summed E-state index contributed by atoms with van der Waals surface area (Å²) in [6, 6.07) is 11.7. The number of rotatable bonds is 9. The molecule has 0 aliphatic heterocycles. The van der Waals surface area contributed by atoms with Gasteiger partial charge in [-0.15, -0.1) is 24.0 Å². The molecule has 6 nitrogen and oxygen atoms in total. The minimum absolute atomic E-state index is 0. The molecule has 0 fully saturated rings. The van der Waals surface area contributed by atoms with E-state index in [1.807, 2.05) is 36.4 Å². The topological polar surface area (TPSA) is 64.1 Å². The van der Waals surface area contributed by atoms with Gasteiger partial charge in [-0.2, -0.15) is 0 Å². The van der Waals surface area contributed by atoms with Gasteiger partial charge in [0, 0.05) is 25.2 Å². The molecule has 8 heteroatoms. The minimum atomic E-state index is 0. The summed E-state index contributed by atoms with van der Waals surface area (Å²) in [5.41, 5.74) is 2.22. The highest BCUT2D eigenvalue weighted by atomic mass is 127. The molecular formula is C21H29ClIN3O3. The Balaban J connectivity index is 0.00000420. The van der Waals surface area contributed by atoms with Crippen molar-refractivity contribution in [1.29, 1.82) is 0 Å². The summed E-state index contributed by atoms with van der Waals surface area (Å²) in [5, 5.41) is 7.33. The Morgan fingerprint density at radius 2 is 1.59 bits per heavy atom. The van der Waals surface area contributed by atoms with E-state index in [-0.39, 0.29) is 24.0 Å². The SMILES string of the molecule is CN=C(NCCc1ccc(OC)c(OC)c1)NCCc1ccc(OC)cc1Cl.I. The normalized spacial score (nSPS) is 10.7. The first-order valence-electron chi connectivity index (χ1n) is 9.09. The van der Waals surface area contributed by atoms with Crippen molar-refractivity contribution >= 4 is 41.5 Å². The van der Waals surface area contributed by atoms with Crippen LogP contribution in [0.25, 0.3) is 0 Å². The molecule has 160 valence electrons. The van der Waals surface area contributed by atoms with Crippen molar-refractivity contribution in [1.82, 2.24) is 10.6 Å². The van der Waals surface area contributed by atoms with Gasteiger partial charge in [-0.05, 0) is 48.2 Å². The second kappa shape index (κ2) is 13.4. The average molecular weight is 534 g/mol. The average Bonchev–Trinajstić information content (AvgIpc) is 2.73. The third-order valence-electron chi connectivity index (χ3n) is 4.32. The van der Waals surface area contributed by atoms with Gasteiger partial charge in [0.25, 0.3) is 0 Å². The monoisotopic (exact) mass is 533 g/mol. The number of halogens is 2. The number of nitrogens with one attached hydrogen (secondary N) is 2. The third-order valence-corrected chi connectivity index (χ3v) is 4.68. The number of hydrogen-bond acceptors (Lipinski definition) is 4. The minimum Gasteiger partial charge on any atom is -0.497 e. The summed E-state index contributed by atoms with van der Waals surface area (Å²) in [6.45, 7) is 1.47. The van der Waals surface area contributed by atoms with Gasteiger partial charge in [0.1, 0.15) is 5.75 Å². The summed E-state index contributed by atoms with van der Waals surface area (Å²) in [6.07, 6.45) is 1.63. The number of hydrogen-bond donors (Lipinski definition) is 2. The fraction of sp³-hybridized carbons (Fsp3) is 0.381. The molecule has 0 amide bonds. The van der Waals surface area contributed by atoms with E-state index in [9.17, 15) is 0 Å². The maximum atomic E-state index is 6.28. The van der Waals surface area contributed by atoms with Gasteiger partial charge in [0.15, 0.2) is 17.5 Å². The molecular weight excluding hydrogens is 505 g/mol. The Labute approximate surface area is 195 Å². The van der Waals surface area contributed by atoms with E-state index >= 15 is 0 Å². The predicted molar refractivity (Wildman–Crippen MR) is 130 cm³/mol. The van der Waals surface area contributed by atoms with Crippen LogP contribution in [0, 0.1) is 0 Å². The van der Waals surface area contributed by atoms with Crippen LogP contribution >= 0.6 is 35.6 Å². The number of aliphatic imine (C=N–C) groups is 1. The number of ether oxygens (including phenoxy) is 3. The Bertz CT molecular complexity index is 803. The lowest BCUT2D eigenvalue weighted by Gasteiger charge is -2.13. The first-order chi connectivity index (χ1) is 13.6. The van der Waals surface area contributed by atoms with Crippen molar-refractivity contribution in [2.24, 2.45) is 4.99 Å². The predicted octanol–water partition coefficient (Wildman–Crippen LogP) is 3.93. The van der Waals surface area contributed by atoms with Crippen LogP contribution in [-0.2, 0) is 12.8 Å². The van der Waals surface area contributed by atoms with Crippen molar-refractivity contribution in [3.8, 4) is 17.2 Å². The summed E-state index contributed by atoms with van der Waals surface area (Å²) < 4.78 is 15.8. The number of guanidine groups is 1. The Hall–Kier alpha value is -1.87. The second-order valence-corrected chi connectivity index (χ2v) is 6.48. The van der Waals surface area contributed by atoms with Crippen molar-refractivity contribution in [3.05, 3.63) is 52.5 Å². The maximum Gasteiger partial charge on any atom is 0.190 e. The van der Waals surface area contributed by atoms with E-state index in [0.29, 0.717) is 5.02 Å². The molecule has 0 heterocycles. The van der Waals surface area contributed by atoms with E-state index < -0.39 is 0 Å². The van der Waals surface area contributed by atoms with E-state index in [1.54, 1.807) is 28.4 Å². The fourth-order valence-electron chi connectivity index (χ4n) is 2.76. The van der Waals surface area contributed by atoms with Gasteiger partial charge in [0.2, 0.25) is 0 Å². The largest absolute Gasteiger partial charge is 0.497 e. The Kier molecular flexibility index (Phi) is 11.6. The highest BCUT2D eigenvalue weighted by Gasteiger charge is 2.06.